The smallest absolute Gasteiger partial charge is 0.203 e. The topological polar surface area (TPSA) is 40.1 Å². The van der Waals surface area contributed by atoms with Crippen molar-refractivity contribution in [2.75, 3.05) is 6.54 Å². The lowest BCUT2D eigenvalue weighted by Crippen LogP contribution is -3.09. The number of hydrogen-bond acceptors (Lipinski definition) is 4. The zero-order valence-electron chi connectivity index (χ0n) is 16.4. The van der Waals surface area contributed by atoms with Gasteiger partial charge in [-0.1, -0.05) is 42.5 Å². The van der Waals surface area contributed by atoms with Crippen LogP contribution in [0.15, 0.2) is 54.6 Å². The Morgan fingerprint density at radius 3 is 2.76 bits per heavy atom. The Hall–Kier alpha value is -2.35. The molecule has 0 radical (unpaired) electrons. The van der Waals surface area contributed by atoms with E-state index in [1.54, 1.807) is 0 Å². The number of thiazole rings is 1. The summed E-state index contributed by atoms with van der Waals surface area (Å²) in [7, 11) is 0. The van der Waals surface area contributed by atoms with Gasteiger partial charge in [0, 0.05) is 12.8 Å². The third-order valence-corrected chi connectivity index (χ3v) is 7.32. The number of aromatic nitrogens is 4. The summed E-state index contributed by atoms with van der Waals surface area (Å²) in [6, 6.07) is 19.3. The van der Waals surface area contributed by atoms with Gasteiger partial charge in [-0.15, -0.1) is 11.3 Å². The lowest BCUT2D eigenvalue weighted by Gasteiger charge is -2.19. The van der Waals surface area contributed by atoms with Crippen LogP contribution in [-0.2, 0) is 13.2 Å². The van der Waals surface area contributed by atoms with Gasteiger partial charge in [0.25, 0.3) is 0 Å². The van der Waals surface area contributed by atoms with E-state index < -0.39 is 0 Å². The highest BCUT2D eigenvalue weighted by Gasteiger charge is 2.33. The summed E-state index contributed by atoms with van der Waals surface area (Å²) in [5, 5.41) is 6.02. The van der Waals surface area contributed by atoms with Crippen molar-refractivity contribution in [3.63, 3.8) is 0 Å². The molecular weight excluding hydrogens is 398 g/mol. The Labute approximate surface area is 179 Å². The lowest BCUT2D eigenvalue weighted by atomic mass is 10.2. The molecule has 2 aromatic heterocycles. The first kappa shape index (κ1) is 18.7. The average molecular weight is 423 g/mol. The van der Waals surface area contributed by atoms with Crippen molar-refractivity contribution < 1.29 is 4.90 Å². The molecule has 0 aliphatic carbocycles. The summed E-state index contributed by atoms with van der Waals surface area (Å²) < 4.78 is 6.21. The van der Waals surface area contributed by atoms with E-state index in [0.29, 0.717) is 6.04 Å². The van der Waals surface area contributed by atoms with E-state index >= 15 is 0 Å². The Balaban J connectivity index is 1.39. The second-order valence-corrected chi connectivity index (χ2v) is 9.11. The molecule has 1 saturated heterocycles. The number of aryl methyl sites for hydroxylation is 1. The molecule has 0 bridgehead atoms. The van der Waals surface area contributed by atoms with Gasteiger partial charge in [-0.05, 0) is 36.8 Å². The van der Waals surface area contributed by atoms with Gasteiger partial charge < -0.3 is 4.90 Å². The summed E-state index contributed by atoms with van der Waals surface area (Å²) in [5.74, 6) is 0.967. The van der Waals surface area contributed by atoms with Gasteiger partial charge in [-0.25, -0.2) is 4.98 Å². The Bertz CT molecular complexity index is 1160. The van der Waals surface area contributed by atoms with Crippen LogP contribution >= 0.6 is 23.6 Å². The van der Waals surface area contributed by atoms with Crippen molar-refractivity contribution in [3.8, 4) is 0 Å². The van der Waals surface area contributed by atoms with Gasteiger partial charge in [0.1, 0.15) is 11.9 Å². The largest absolute Gasteiger partial charge is 0.308 e. The normalized spacial score (nSPS) is 19.2. The third kappa shape index (κ3) is 3.66. The number of hydrogen-bond donors (Lipinski definition) is 1. The monoisotopic (exact) mass is 422 g/mol. The maximum absolute atomic E-state index is 5.79. The van der Waals surface area contributed by atoms with E-state index in [9.17, 15) is 0 Å². The molecule has 1 fully saturated rings. The average Bonchev–Trinajstić information content (AvgIpc) is 3.43. The summed E-state index contributed by atoms with van der Waals surface area (Å²) in [4.78, 5) is 6.43. The van der Waals surface area contributed by atoms with Crippen LogP contribution in [0.3, 0.4) is 0 Å². The number of benzene rings is 2. The number of para-hydroxylation sites is 1. The summed E-state index contributed by atoms with van der Waals surface area (Å²) in [6.07, 6.45) is 2.39. The van der Waals surface area contributed by atoms with Crippen molar-refractivity contribution >= 4 is 33.8 Å². The zero-order chi connectivity index (χ0) is 19.8. The first-order chi connectivity index (χ1) is 14.2. The minimum Gasteiger partial charge on any atom is -0.308 e. The van der Waals surface area contributed by atoms with Crippen LogP contribution < -0.4 is 4.90 Å². The summed E-state index contributed by atoms with van der Waals surface area (Å²) >= 11 is 7.62. The molecule has 7 heteroatoms. The quantitative estimate of drug-likeness (QED) is 0.498. The first-order valence-corrected chi connectivity index (χ1v) is 11.3. The second-order valence-electron chi connectivity index (χ2n) is 7.68. The van der Waals surface area contributed by atoms with Crippen LogP contribution in [0.25, 0.3) is 10.2 Å². The van der Waals surface area contributed by atoms with Crippen molar-refractivity contribution in [3.05, 3.63) is 75.8 Å². The molecular formula is C22H24N5S2+. The molecule has 0 saturated carbocycles. The number of rotatable bonds is 5. The fourth-order valence-corrected chi connectivity index (χ4v) is 5.69. The van der Waals surface area contributed by atoms with Crippen LogP contribution in [0.2, 0.25) is 0 Å². The van der Waals surface area contributed by atoms with Crippen LogP contribution in [0, 0.1) is 11.7 Å². The molecule has 0 spiro atoms. The van der Waals surface area contributed by atoms with Crippen molar-refractivity contribution in [2.24, 2.45) is 0 Å². The van der Waals surface area contributed by atoms with Crippen LogP contribution in [0.5, 0.6) is 0 Å². The van der Waals surface area contributed by atoms with Gasteiger partial charge in [-0.3, -0.25) is 4.57 Å². The number of quaternary nitrogens is 1. The molecule has 2 atom stereocenters. The van der Waals surface area contributed by atoms with E-state index in [1.807, 2.05) is 29.0 Å². The first-order valence-electron chi connectivity index (χ1n) is 10.1. The van der Waals surface area contributed by atoms with Gasteiger partial charge in [0.2, 0.25) is 4.77 Å². The maximum Gasteiger partial charge on any atom is 0.203 e. The minimum atomic E-state index is 0.425. The highest BCUT2D eigenvalue weighted by atomic mass is 32.1. The van der Waals surface area contributed by atoms with E-state index in [2.05, 4.69) is 53.1 Å². The number of fused-ring (bicyclic) bond motifs is 1. The number of nitrogens with zero attached hydrogens (tertiary/aromatic N) is 4. The van der Waals surface area contributed by atoms with Crippen LogP contribution in [0.4, 0.5) is 0 Å². The Morgan fingerprint density at radius 1 is 1.14 bits per heavy atom. The van der Waals surface area contributed by atoms with Gasteiger partial charge in [-0.2, -0.15) is 9.78 Å². The third-order valence-electron chi connectivity index (χ3n) is 5.74. The molecule has 148 valence electrons. The molecule has 4 aromatic rings. The molecule has 0 amide bonds. The molecule has 1 aliphatic rings. The number of likely N-dealkylation sites (tertiary alicyclic amines) is 1. The highest BCUT2D eigenvalue weighted by molar-refractivity contribution is 7.71. The molecule has 3 heterocycles. The molecule has 1 N–H and O–H groups in total. The maximum atomic E-state index is 5.79. The van der Waals surface area contributed by atoms with Gasteiger partial charge in [0.15, 0.2) is 11.7 Å². The van der Waals surface area contributed by atoms with E-state index in [1.165, 1.54) is 33.0 Å². The molecule has 29 heavy (non-hydrogen) atoms. The van der Waals surface area contributed by atoms with Crippen molar-refractivity contribution in [1.29, 1.82) is 0 Å². The highest BCUT2D eigenvalue weighted by Crippen LogP contribution is 2.28. The fraction of sp³-hybridized carbons (Fsp3) is 0.318. The summed E-state index contributed by atoms with van der Waals surface area (Å²) in [6.45, 7) is 4.73. The predicted molar refractivity (Wildman–Crippen MR) is 119 cm³/mol. The van der Waals surface area contributed by atoms with Crippen LogP contribution in [0.1, 0.15) is 35.3 Å². The number of nitrogens with one attached hydrogen (secondary N) is 1. The molecule has 1 unspecified atom stereocenters. The Morgan fingerprint density at radius 2 is 1.93 bits per heavy atom. The standard InChI is InChI=1S/C22H23N5S2/c1-16-24-27(22(28)26(16)14-17-8-3-2-4-9-17)15-25-13-7-11-19(25)21-23-18-10-5-6-12-20(18)29-21/h2-6,8-10,12,19H,7,11,13-15H2,1H3/p+1/t19-/m0/s1. The van der Waals surface area contributed by atoms with Crippen molar-refractivity contribution in [1.82, 2.24) is 19.3 Å². The van der Waals surface area contributed by atoms with E-state index in [0.717, 1.165) is 35.9 Å². The van der Waals surface area contributed by atoms with Crippen LogP contribution in [-0.4, -0.2) is 25.9 Å². The summed E-state index contributed by atoms with van der Waals surface area (Å²) in [5.41, 5.74) is 2.35. The SMILES string of the molecule is Cc1nn(C[NH+]2CCC[C@H]2c2nc3ccccc3s2)c(=S)n1Cc1ccccc1. The molecule has 5 rings (SSSR count). The molecule has 1 aliphatic heterocycles. The van der Waals surface area contributed by atoms with E-state index in [-0.39, 0.29) is 0 Å². The van der Waals surface area contributed by atoms with E-state index in [4.69, 9.17) is 22.3 Å². The van der Waals surface area contributed by atoms with Crippen molar-refractivity contribution in [2.45, 2.75) is 39.0 Å². The molecule has 2 aromatic carbocycles. The lowest BCUT2D eigenvalue weighted by molar-refractivity contribution is -0.941. The minimum absolute atomic E-state index is 0.425. The Kier molecular flexibility index (Phi) is 5.03. The van der Waals surface area contributed by atoms with Gasteiger partial charge in [0.05, 0.1) is 23.3 Å². The second kappa shape index (κ2) is 7.82. The fourth-order valence-electron chi connectivity index (χ4n) is 4.23. The van der Waals surface area contributed by atoms with Gasteiger partial charge >= 0.3 is 0 Å². The predicted octanol–water partition coefficient (Wildman–Crippen LogP) is 3.76. The molecule has 5 nitrogen and oxygen atoms in total. The zero-order valence-corrected chi connectivity index (χ0v) is 18.0.